The van der Waals surface area contributed by atoms with Gasteiger partial charge in [0, 0.05) is 30.3 Å². The third-order valence-electron chi connectivity index (χ3n) is 5.57. The van der Waals surface area contributed by atoms with Crippen LogP contribution in [0, 0.1) is 18.6 Å². The average molecular weight is 497 g/mol. The summed E-state index contributed by atoms with van der Waals surface area (Å²) in [6.07, 6.45) is 0.322. The van der Waals surface area contributed by atoms with Gasteiger partial charge in [0.05, 0.1) is 28.8 Å². The first kappa shape index (κ1) is 23.2. The topological polar surface area (TPSA) is 57.6 Å². The maximum atomic E-state index is 13.4. The maximum Gasteiger partial charge on any atom is 0.416 e. The molecular weight excluding hydrogens is 481 g/mol. The molecule has 0 spiro atoms. The molecule has 11 heteroatoms. The zero-order chi connectivity index (χ0) is 25.6. The monoisotopic (exact) mass is 497 g/mol. The van der Waals surface area contributed by atoms with Crippen molar-refractivity contribution >= 4 is 0 Å². The van der Waals surface area contributed by atoms with Crippen molar-refractivity contribution in [1.29, 1.82) is 0 Å². The highest BCUT2D eigenvalue weighted by Crippen LogP contribution is 2.31. The Morgan fingerprint density at radius 2 is 1.64 bits per heavy atom. The van der Waals surface area contributed by atoms with Crippen LogP contribution in [0.25, 0.3) is 28.5 Å². The first-order valence-electron chi connectivity index (χ1n) is 10.6. The molecule has 0 N–H and O–H groups in total. The summed E-state index contributed by atoms with van der Waals surface area (Å²) in [7, 11) is 0. The van der Waals surface area contributed by atoms with Crippen molar-refractivity contribution in [3.63, 3.8) is 0 Å². The van der Waals surface area contributed by atoms with Crippen molar-refractivity contribution in [2.75, 3.05) is 0 Å². The van der Waals surface area contributed by atoms with Gasteiger partial charge in [0.15, 0.2) is 17.3 Å². The lowest BCUT2D eigenvalue weighted by atomic mass is 10.1. The molecule has 0 bridgehead atoms. The van der Waals surface area contributed by atoms with Gasteiger partial charge >= 0.3 is 6.18 Å². The molecule has 0 amide bonds. The highest BCUT2D eigenvalue weighted by atomic mass is 19.4. The van der Waals surface area contributed by atoms with Gasteiger partial charge in [0.2, 0.25) is 5.43 Å². The van der Waals surface area contributed by atoms with Crippen LogP contribution in [0.15, 0.2) is 84.2 Å². The van der Waals surface area contributed by atoms with E-state index in [1.165, 1.54) is 50.6 Å². The van der Waals surface area contributed by atoms with Gasteiger partial charge in [-0.15, -0.1) is 0 Å². The first-order chi connectivity index (χ1) is 17.1. The molecule has 0 aliphatic rings. The third-order valence-corrected chi connectivity index (χ3v) is 5.57. The fourth-order valence-electron chi connectivity index (χ4n) is 3.83. The maximum absolute atomic E-state index is 13.4. The summed E-state index contributed by atoms with van der Waals surface area (Å²) < 4.78 is 70.4. The Hall–Kier alpha value is -4.54. The molecule has 0 saturated carbocycles. The van der Waals surface area contributed by atoms with Crippen LogP contribution in [0.3, 0.4) is 0 Å². The molecule has 0 fully saturated rings. The van der Waals surface area contributed by atoms with Gasteiger partial charge in [-0.05, 0) is 55.0 Å². The van der Waals surface area contributed by atoms with Crippen LogP contribution < -0.4 is 5.43 Å². The van der Waals surface area contributed by atoms with Gasteiger partial charge in [-0.3, -0.25) is 4.79 Å². The van der Waals surface area contributed by atoms with E-state index in [0.717, 1.165) is 24.5 Å². The van der Waals surface area contributed by atoms with E-state index in [9.17, 15) is 26.7 Å². The number of halogens is 5. The molecule has 182 valence electrons. The number of benzene rings is 2. The fourth-order valence-corrected chi connectivity index (χ4v) is 3.83. The second kappa shape index (κ2) is 8.59. The lowest BCUT2D eigenvalue weighted by molar-refractivity contribution is -0.137. The van der Waals surface area contributed by atoms with Crippen LogP contribution in [0.2, 0.25) is 0 Å². The van der Waals surface area contributed by atoms with E-state index < -0.39 is 28.8 Å². The molecule has 0 saturated heterocycles. The van der Waals surface area contributed by atoms with Gasteiger partial charge < -0.3 is 4.57 Å². The summed E-state index contributed by atoms with van der Waals surface area (Å²) in [5, 5.41) is 8.52. The smallest absolute Gasteiger partial charge is 0.318 e. The highest BCUT2D eigenvalue weighted by Gasteiger charge is 2.30. The predicted molar refractivity (Wildman–Crippen MR) is 121 cm³/mol. The van der Waals surface area contributed by atoms with Gasteiger partial charge in [-0.25, -0.2) is 18.1 Å². The van der Waals surface area contributed by atoms with Gasteiger partial charge in [0.1, 0.15) is 0 Å². The fraction of sp³-hybridized carbons (Fsp3) is 0.0800. The van der Waals surface area contributed by atoms with E-state index >= 15 is 0 Å². The van der Waals surface area contributed by atoms with E-state index in [2.05, 4.69) is 10.2 Å². The van der Waals surface area contributed by atoms with Crippen LogP contribution in [-0.4, -0.2) is 24.1 Å². The van der Waals surface area contributed by atoms with Crippen LogP contribution >= 0.6 is 0 Å². The van der Waals surface area contributed by atoms with E-state index in [1.54, 1.807) is 25.1 Å². The Bertz CT molecular complexity index is 1630. The second-order valence-electron chi connectivity index (χ2n) is 7.98. The first-order valence-corrected chi connectivity index (χ1v) is 10.6. The minimum Gasteiger partial charge on any atom is -0.318 e. The Balaban J connectivity index is 1.56. The molecule has 0 radical (unpaired) electrons. The van der Waals surface area contributed by atoms with E-state index in [0.29, 0.717) is 16.9 Å². The number of alkyl halides is 3. The molecule has 3 aromatic heterocycles. The summed E-state index contributed by atoms with van der Waals surface area (Å²) in [5.41, 5.74) is 0.794. The van der Waals surface area contributed by atoms with E-state index in [4.69, 9.17) is 0 Å². The number of hydrogen-bond donors (Lipinski definition) is 0. The molecule has 0 aliphatic heterocycles. The number of rotatable bonds is 4. The summed E-state index contributed by atoms with van der Waals surface area (Å²) in [4.78, 5) is 12.7. The van der Waals surface area contributed by atoms with Crippen LogP contribution in [-0.2, 0) is 6.18 Å². The molecule has 0 atom stereocenters. The van der Waals surface area contributed by atoms with Crippen molar-refractivity contribution < 1.29 is 22.0 Å². The van der Waals surface area contributed by atoms with Crippen molar-refractivity contribution in [2.45, 2.75) is 13.1 Å². The average Bonchev–Trinajstić information content (AvgIpc) is 3.46. The molecular formula is C25H16F5N5O. The van der Waals surface area contributed by atoms with Gasteiger partial charge in [-0.2, -0.15) is 23.4 Å². The molecule has 2 aromatic carbocycles. The molecule has 3 heterocycles. The summed E-state index contributed by atoms with van der Waals surface area (Å²) in [6.45, 7) is 1.77. The lowest BCUT2D eigenvalue weighted by Crippen LogP contribution is -2.15. The zero-order valence-electron chi connectivity index (χ0n) is 18.5. The predicted octanol–water partition coefficient (Wildman–Crippen LogP) is 5.48. The zero-order valence-corrected chi connectivity index (χ0v) is 18.5. The quantitative estimate of drug-likeness (QED) is 0.309. The minimum absolute atomic E-state index is 0.0227. The van der Waals surface area contributed by atoms with Crippen molar-refractivity contribution in [3.05, 3.63) is 112 Å². The van der Waals surface area contributed by atoms with Crippen LogP contribution in [0.4, 0.5) is 22.0 Å². The van der Waals surface area contributed by atoms with Gasteiger partial charge in [-0.1, -0.05) is 6.07 Å². The Morgan fingerprint density at radius 3 is 2.33 bits per heavy atom. The van der Waals surface area contributed by atoms with E-state index in [-0.39, 0.29) is 17.1 Å². The summed E-state index contributed by atoms with van der Waals surface area (Å²) in [5.74, 6) is -1.94. The van der Waals surface area contributed by atoms with Crippen LogP contribution in [0.5, 0.6) is 0 Å². The molecule has 5 rings (SSSR count). The summed E-state index contributed by atoms with van der Waals surface area (Å²) in [6, 6.07) is 12.4. The summed E-state index contributed by atoms with van der Waals surface area (Å²) >= 11 is 0. The molecule has 6 nitrogen and oxygen atoms in total. The molecule has 5 aromatic rings. The van der Waals surface area contributed by atoms with Gasteiger partial charge in [0.25, 0.3) is 0 Å². The second-order valence-corrected chi connectivity index (χ2v) is 7.98. The molecule has 0 aliphatic carbocycles. The number of nitrogens with zero attached hydrogens (tertiary/aromatic N) is 5. The number of hydrogen-bond acceptors (Lipinski definition) is 3. The van der Waals surface area contributed by atoms with Crippen molar-refractivity contribution in [3.8, 4) is 28.5 Å². The van der Waals surface area contributed by atoms with Crippen molar-refractivity contribution in [1.82, 2.24) is 24.1 Å². The van der Waals surface area contributed by atoms with E-state index in [1.807, 2.05) is 0 Å². The Kier molecular flexibility index (Phi) is 5.54. The minimum atomic E-state index is -4.54. The largest absolute Gasteiger partial charge is 0.416 e. The number of aryl methyl sites for hydroxylation is 1. The Morgan fingerprint density at radius 1 is 0.889 bits per heavy atom. The Labute approximate surface area is 200 Å². The third kappa shape index (κ3) is 4.19. The lowest BCUT2D eigenvalue weighted by Gasteiger charge is -2.13. The molecule has 36 heavy (non-hydrogen) atoms. The standard InChI is InChI=1S/C25H16F5N5O/c1-15-11-17(33-13-19(26)20(27)14-33)5-6-21(15)34-10-8-23(36)24(32-34)22-7-9-31-35(22)18-4-2-3-16(12-18)25(28,29)30/h2-14H,1H3. The number of aromatic nitrogens is 5. The SMILES string of the molecule is Cc1cc(-n2cc(F)c(F)c2)ccc1-n1ccc(=O)c(-c2ccnn2-c2cccc(C(F)(F)F)c2)n1. The normalized spacial score (nSPS) is 11.7. The molecule has 0 unspecified atom stereocenters. The van der Waals surface area contributed by atoms with Crippen LogP contribution in [0.1, 0.15) is 11.1 Å². The highest BCUT2D eigenvalue weighted by molar-refractivity contribution is 5.58. The van der Waals surface area contributed by atoms with Crippen molar-refractivity contribution in [2.24, 2.45) is 0 Å².